The van der Waals surface area contributed by atoms with Gasteiger partial charge in [0.2, 0.25) is 0 Å². The van der Waals surface area contributed by atoms with Gasteiger partial charge in [-0.3, -0.25) is 10.1 Å². The van der Waals surface area contributed by atoms with Crippen LogP contribution in [0.25, 0.3) is 0 Å². The van der Waals surface area contributed by atoms with E-state index in [4.69, 9.17) is 9.47 Å². The van der Waals surface area contributed by atoms with Gasteiger partial charge in [-0.1, -0.05) is 6.07 Å². The minimum absolute atomic E-state index is 0.0729. The fraction of sp³-hybridized carbons (Fsp3) is 0.538. The molecule has 1 saturated heterocycles. The lowest BCUT2D eigenvalue weighted by atomic mass is 10.2. The van der Waals surface area contributed by atoms with Crippen molar-refractivity contribution in [2.75, 3.05) is 18.5 Å². The fourth-order valence-electron chi connectivity index (χ4n) is 2.04. The van der Waals surface area contributed by atoms with Crippen molar-refractivity contribution < 1.29 is 14.4 Å². The quantitative estimate of drug-likeness (QED) is 0.669. The van der Waals surface area contributed by atoms with E-state index < -0.39 is 10.7 Å². The Balaban J connectivity index is 2.03. The molecule has 0 spiro atoms. The monoisotopic (exact) mass is 266 g/mol. The normalized spacial score (nSPS) is 21.3. The molecule has 1 fully saturated rings. The molecule has 0 aromatic heterocycles. The van der Waals surface area contributed by atoms with E-state index in [0.717, 1.165) is 5.56 Å². The standard InChI is InChI=1S/C13H18N2O4/c1-9-4-5-12(15(16)17)11(6-9)14-7-10-8-18-13(2,3)19-10/h4-6,10,14H,7-8H2,1-3H3. The van der Waals surface area contributed by atoms with Crippen LogP contribution in [0.4, 0.5) is 11.4 Å². The number of nitro benzene ring substituents is 1. The summed E-state index contributed by atoms with van der Waals surface area (Å²) in [4.78, 5) is 10.6. The predicted molar refractivity (Wildman–Crippen MR) is 71.2 cm³/mol. The second-order valence-electron chi connectivity index (χ2n) is 5.11. The second-order valence-corrected chi connectivity index (χ2v) is 5.11. The lowest BCUT2D eigenvalue weighted by molar-refractivity contribution is -0.384. The Hall–Kier alpha value is -1.66. The highest BCUT2D eigenvalue weighted by Gasteiger charge is 2.32. The van der Waals surface area contributed by atoms with E-state index in [9.17, 15) is 10.1 Å². The first-order valence-corrected chi connectivity index (χ1v) is 6.18. The van der Waals surface area contributed by atoms with Crippen molar-refractivity contribution in [3.05, 3.63) is 33.9 Å². The van der Waals surface area contributed by atoms with Gasteiger partial charge >= 0.3 is 0 Å². The van der Waals surface area contributed by atoms with Crippen LogP contribution < -0.4 is 5.32 Å². The molecule has 2 rings (SSSR count). The number of anilines is 1. The highest BCUT2D eigenvalue weighted by Crippen LogP contribution is 2.27. The summed E-state index contributed by atoms with van der Waals surface area (Å²) < 4.78 is 11.1. The first-order valence-electron chi connectivity index (χ1n) is 6.18. The van der Waals surface area contributed by atoms with E-state index in [1.54, 1.807) is 12.1 Å². The summed E-state index contributed by atoms with van der Waals surface area (Å²) in [6.07, 6.45) is -0.102. The van der Waals surface area contributed by atoms with Gasteiger partial charge in [0.1, 0.15) is 11.8 Å². The summed E-state index contributed by atoms with van der Waals surface area (Å²) in [5.74, 6) is -0.578. The first kappa shape index (κ1) is 13.8. The van der Waals surface area contributed by atoms with E-state index in [1.165, 1.54) is 6.07 Å². The third kappa shape index (κ3) is 3.42. The molecule has 1 heterocycles. The average molecular weight is 266 g/mol. The van der Waals surface area contributed by atoms with Gasteiger partial charge in [0.25, 0.3) is 5.69 Å². The molecule has 0 radical (unpaired) electrons. The average Bonchev–Trinajstić information content (AvgIpc) is 2.66. The van der Waals surface area contributed by atoms with Crippen LogP contribution in [-0.2, 0) is 9.47 Å². The summed E-state index contributed by atoms with van der Waals surface area (Å²) in [5, 5.41) is 14.0. The molecular weight excluding hydrogens is 248 g/mol. The zero-order chi connectivity index (χ0) is 14.0. The van der Waals surface area contributed by atoms with Crippen LogP contribution in [0.2, 0.25) is 0 Å². The molecule has 0 saturated carbocycles. The van der Waals surface area contributed by atoms with Crippen molar-refractivity contribution in [1.82, 2.24) is 0 Å². The third-order valence-electron chi connectivity index (χ3n) is 2.94. The Labute approximate surface area is 111 Å². The third-order valence-corrected chi connectivity index (χ3v) is 2.94. The topological polar surface area (TPSA) is 73.6 Å². The SMILES string of the molecule is Cc1ccc([N+](=O)[O-])c(NCC2COC(C)(C)O2)c1. The van der Waals surface area contributed by atoms with Crippen molar-refractivity contribution in [3.8, 4) is 0 Å². The second kappa shape index (κ2) is 5.14. The van der Waals surface area contributed by atoms with E-state index >= 15 is 0 Å². The van der Waals surface area contributed by atoms with Gasteiger partial charge in [0.05, 0.1) is 11.5 Å². The van der Waals surface area contributed by atoms with E-state index in [1.807, 2.05) is 20.8 Å². The number of ether oxygens (including phenoxy) is 2. The molecule has 6 nitrogen and oxygen atoms in total. The van der Waals surface area contributed by atoms with Gasteiger partial charge in [-0.15, -0.1) is 0 Å². The van der Waals surface area contributed by atoms with E-state index in [2.05, 4.69) is 5.32 Å². The van der Waals surface area contributed by atoms with Gasteiger partial charge in [-0.25, -0.2) is 0 Å². The van der Waals surface area contributed by atoms with Gasteiger partial charge in [-0.2, -0.15) is 0 Å². The Morgan fingerprint density at radius 2 is 2.26 bits per heavy atom. The molecule has 1 unspecified atom stereocenters. The molecule has 1 aromatic carbocycles. The van der Waals surface area contributed by atoms with E-state index in [-0.39, 0.29) is 11.8 Å². The van der Waals surface area contributed by atoms with Crippen LogP contribution in [0, 0.1) is 17.0 Å². The van der Waals surface area contributed by atoms with Gasteiger partial charge in [0.15, 0.2) is 5.79 Å². The molecular formula is C13H18N2O4. The first-order chi connectivity index (χ1) is 8.87. The lowest BCUT2D eigenvalue weighted by Crippen LogP contribution is -2.26. The Kier molecular flexibility index (Phi) is 3.73. The molecule has 19 heavy (non-hydrogen) atoms. The zero-order valence-electron chi connectivity index (χ0n) is 11.3. The number of nitro groups is 1. The smallest absolute Gasteiger partial charge is 0.292 e. The summed E-state index contributed by atoms with van der Waals surface area (Å²) in [6.45, 7) is 6.56. The van der Waals surface area contributed by atoms with Gasteiger partial charge in [0, 0.05) is 12.6 Å². The zero-order valence-corrected chi connectivity index (χ0v) is 11.3. The van der Waals surface area contributed by atoms with Crippen LogP contribution in [0.5, 0.6) is 0 Å². The summed E-state index contributed by atoms with van der Waals surface area (Å²) in [6, 6.07) is 4.99. The minimum atomic E-state index is -0.578. The summed E-state index contributed by atoms with van der Waals surface area (Å²) >= 11 is 0. The molecule has 0 aliphatic carbocycles. The molecule has 1 aromatic rings. The number of hydrogen-bond donors (Lipinski definition) is 1. The lowest BCUT2D eigenvalue weighted by Gasteiger charge is -2.17. The summed E-state index contributed by atoms with van der Waals surface area (Å²) in [5.41, 5.74) is 1.55. The Bertz CT molecular complexity index is 488. The maximum atomic E-state index is 10.9. The highest BCUT2D eigenvalue weighted by molar-refractivity contribution is 5.62. The Morgan fingerprint density at radius 3 is 2.84 bits per heavy atom. The largest absolute Gasteiger partial charge is 0.377 e. The van der Waals surface area contributed by atoms with Crippen molar-refractivity contribution in [2.24, 2.45) is 0 Å². The number of hydrogen-bond acceptors (Lipinski definition) is 5. The van der Waals surface area contributed by atoms with Crippen LogP contribution in [-0.4, -0.2) is 30.0 Å². The number of benzene rings is 1. The maximum absolute atomic E-state index is 10.9. The minimum Gasteiger partial charge on any atom is -0.377 e. The number of nitrogens with one attached hydrogen (secondary N) is 1. The molecule has 0 bridgehead atoms. The fourth-order valence-corrected chi connectivity index (χ4v) is 2.04. The van der Waals surface area contributed by atoms with Crippen molar-refractivity contribution in [2.45, 2.75) is 32.7 Å². The highest BCUT2D eigenvalue weighted by atomic mass is 16.7. The van der Waals surface area contributed by atoms with Crippen LogP contribution >= 0.6 is 0 Å². The van der Waals surface area contributed by atoms with Gasteiger partial charge < -0.3 is 14.8 Å². The number of rotatable bonds is 4. The van der Waals surface area contributed by atoms with Crippen LogP contribution in [0.1, 0.15) is 19.4 Å². The molecule has 1 atom stereocenters. The Morgan fingerprint density at radius 1 is 1.53 bits per heavy atom. The van der Waals surface area contributed by atoms with Crippen LogP contribution in [0.15, 0.2) is 18.2 Å². The molecule has 1 N–H and O–H groups in total. The van der Waals surface area contributed by atoms with Crippen molar-refractivity contribution >= 4 is 11.4 Å². The van der Waals surface area contributed by atoms with E-state index in [0.29, 0.717) is 18.8 Å². The molecule has 1 aliphatic heterocycles. The van der Waals surface area contributed by atoms with Crippen molar-refractivity contribution in [1.29, 1.82) is 0 Å². The van der Waals surface area contributed by atoms with Crippen LogP contribution in [0.3, 0.4) is 0 Å². The number of nitrogens with zero attached hydrogens (tertiary/aromatic N) is 1. The maximum Gasteiger partial charge on any atom is 0.292 e. The molecule has 1 aliphatic rings. The molecule has 6 heteroatoms. The van der Waals surface area contributed by atoms with Crippen molar-refractivity contribution in [3.63, 3.8) is 0 Å². The molecule has 0 amide bonds. The molecule has 104 valence electrons. The summed E-state index contributed by atoms with van der Waals surface area (Å²) in [7, 11) is 0. The number of aryl methyl sites for hydroxylation is 1. The van der Waals surface area contributed by atoms with Gasteiger partial charge in [-0.05, 0) is 32.4 Å². The predicted octanol–water partition coefficient (Wildman–Crippen LogP) is 2.47.